The molecule has 3 fully saturated rings. The molecular formula is C22H29FN4O4. The molecule has 1 saturated heterocycles. The zero-order chi connectivity index (χ0) is 22.0. The molecule has 2 atom stereocenters. The minimum absolute atomic E-state index is 0.0228. The number of hydrogen-bond acceptors (Lipinski definition) is 5. The summed E-state index contributed by atoms with van der Waals surface area (Å²) in [5.41, 5.74) is 1.61. The van der Waals surface area contributed by atoms with Gasteiger partial charge in [0.2, 0.25) is 17.7 Å². The van der Waals surface area contributed by atoms with Crippen molar-refractivity contribution in [3.63, 3.8) is 0 Å². The molecule has 3 amide bonds. The quantitative estimate of drug-likeness (QED) is 0.453. The van der Waals surface area contributed by atoms with Crippen LogP contribution in [-0.4, -0.2) is 45.4 Å². The second kappa shape index (κ2) is 8.90. The summed E-state index contributed by atoms with van der Waals surface area (Å²) in [6.45, 7) is 0.503. The lowest BCUT2D eigenvalue weighted by Crippen LogP contribution is -2.46. The number of carbonyl (C=O) groups is 3. The number of pyridine rings is 1. The summed E-state index contributed by atoms with van der Waals surface area (Å²) < 4.78 is 13.1. The standard InChI is InChI=1S/C22H29FN4O4/c23-16-5-6-18(24-12-16)25-20(29)17-11-22(7-8-22)13-27(17)21(30)15(10-19(28)26-31)9-14-3-1-2-4-14/h5-6,12,14-15,17,31H,1-4,7-11,13H2,(H,26,28)(H,24,25,29)/t15?,17-/m0/s1. The maximum absolute atomic E-state index is 13.5. The Morgan fingerprint density at radius 2 is 2.00 bits per heavy atom. The maximum atomic E-state index is 13.5. The van der Waals surface area contributed by atoms with E-state index in [2.05, 4.69) is 10.3 Å². The molecule has 2 aliphatic carbocycles. The van der Waals surface area contributed by atoms with Gasteiger partial charge in [-0.25, -0.2) is 14.9 Å². The molecule has 1 aliphatic heterocycles. The Bertz CT molecular complexity index is 836. The first-order valence-corrected chi connectivity index (χ1v) is 11.0. The summed E-state index contributed by atoms with van der Waals surface area (Å²) in [6.07, 6.45) is 8.37. The van der Waals surface area contributed by atoms with E-state index in [0.29, 0.717) is 25.3 Å². The molecule has 31 heavy (non-hydrogen) atoms. The van der Waals surface area contributed by atoms with Crippen LogP contribution in [0.2, 0.25) is 0 Å². The molecule has 4 rings (SSSR count). The lowest BCUT2D eigenvalue weighted by Gasteiger charge is -2.29. The van der Waals surface area contributed by atoms with E-state index in [4.69, 9.17) is 5.21 Å². The van der Waals surface area contributed by atoms with Gasteiger partial charge >= 0.3 is 0 Å². The van der Waals surface area contributed by atoms with E-state index >= 15 is 0 Å². The largest absolute Gasteiger partial charge is 0.330 e. The van der Waals surface area contributed by atoms with Gasteiger partial charge in [-0.3, -0.25) is 19.6 Å². The molecule has 2 saturated carbocycles. The number of amides is 3. The summed E-state index contributed by atoms with van der Waals surface area (Å²) in [5.74, 6) is -1.58. The third-order valence-electron chi connectivity index (χ3n) is 7.03. The molecule has 3 N–H and O–H groups in total. The minimum Gasteiger partial charge on any atom is -0.330 e. The van der Waals surface area contributed by atoms with Crippen LogP contribution in [0.15, 0.2) is 18.3 Å². The number of hydrogen-bond donors (Lipinski definition) is 3. The average Bonchev–Trinajstić information content (AvgIpc) is 3.13. The van der Waals surface area contributed by atoms with Crippen molar-refractivity contribution in [2.24, 2.45) is 17.3 Å². The topological polar surface area (TPSA) is 112 Å². The maximum Gasteiger partial charge on any atom is 0.248 e. The van der Waals surface area contributed by atoms with E-state index in [0.717, 1.165) is 44.7 Å². The molecule has 0 radical (unpaired) electrons. The van der Waals surface area contributed by atoms with Gasteiger partial charge in [0.15, 0.2) is 0 Å². The van der Waals surface area contributed by atoms with Gasteiger partial charge < -0.3 is 10.2 Å². The molecule has 0 bridgehead atoms. The van der Waals surface area contributed by atoms with Crippen molar-refractivity contribution in [2.45, 2.75) is 63.8 Å². The fourth-order valence-corrected chi connectivity index (χ4v) is 5.14. The van der Waals surface area contributed by atoms with Crippen LogP contribution < -0.4 is 10.8 Å². The van der Waals surface area contributed by atoms with Crippen molar-refractivity contribution in [1.29, 1.82) is 0 Å². The smallest absolute Gasteiger partial charge is 0.248 e. The third kappa shape index (κ3) is 5.03. The first-order valence-electron chi connectivity index (χ1n) is 11.0. The van der Waals surface area contributed by atoms with Crippen LogP contribution in [0.4, 0.5) is 10.2 Å². The highest BCUT2D eigenvalue weighted by molar-refractivity contribution is 5.98. The van der Waals surface area contributed by atoms with Gasteiger partial charge in [-0.2, -0.15) is 0 Å². The Morgan fingerprint density at radius 3 is 2.61 bits per heavy atom. The van der Waals surface area contributed by atoms with Crippen LogP contribution in [0.25, 0.3) is 0 Å². The Morgan fingerprint density at radius 1 is 1.26 bits per heavy atom. The van der Waals surface area contributed by atoms with Crippen LogP contribution in [0.3, 0.4) is 0 Å². The van der Waals surface area contributed by atoms with Crippen molar-refractivity contribution >= 4 is 23.5 Å². The van der Waals surface area contributed by atoms with Crippen LogP contribution in [0.1, 0.15) is 57.8 Å². The minimum atomic E-state index is -0.648. The van der Waals surface area contributed by atoms with Gasteiger partial charge in [0.25, 0.3) is 0 Å². The molecule has 1 spiro atoms. The Hall–Kier alpha value is -2.55. The third-order valence-corrected chi connectivity index (χ3v) is 7.03. The normalized spacial score (nSPS) is 23.0. The first-order chi connectivity index (χ1) is 14.9. The number of halogens is 1. The van der Waals surface area contributed by atoms with Gasteiger partial charge in [-0.05, 0) is 49.1 Å². The van der Waals surface area contributed by atoms with E-state index in [1.807, 2.05) is 0 Å². The molecular weight excluding hydrogens is 403 g/mol. The number of hydroxylamine groups is 1. The Balaban J connectivity index is 1.50. The number of nitrogens with one attached hydrogen (secondary N) is 2. The van der Waals surface area contributed by atoms with Crippen LogP contribution in [0.5, 0.6) is 0 Å². The van der Waals surface area contributed by atoms with Gasteiger partial charge in [0.05, 0.1) is 6.20 Å². The molecule has 3 aliphatic rings. The second-order valence-electron chi connectivity index (χ2n) is 9.36. The highest BCUT2D eigenvalue weighted by atomic mass is 19.1. The van der Waals surface area contributed by atoms with Crippen molar-refractivity contribution < 1.29 is 24.0 Å². The Kier molecular flexibility index (Phi) is 6.22. The van der Waals surface area contributed by atoms with Crippen molar-refractivity contribution in [3.8, 4) is 0 Å². The zero-order valence-corrected chi connectivity index (χ0v) is 17.5. The zero-order valence-electron chi connectivity index (χ0n) is 17.5. The van der Waals surface area contributed by atoms with E-state index in [1.165, 1.54) is 12.1 Å². The number of nitrogens with zero attached hydrogens (tertiary/aromatic N) is 2. The summed E-state index contributed by atoms with van der Waals surface area (Å²) in [5, 5.41) is 11.7. The fourth-order valence-electron chi connectivity index (χ4n) is 5.14. The highest BCUT2D eigenvalue weighted by Crippen LogP contribution is 2.55. The fraction of sp³-hybridized carbons (Fsp3) is 0.636. The summed E-state index contributed by atoms with van der Waals surface area (Å²) in [6, 6.07) is 1.95. The molecule has 8 nitrogen and oxygen atoms in total. The molecule has 2 heterocycles. The molecule has 0 aromatic carbocycles. The SMILES string of the molecule is O=C(CC(CC1CCCC1)C(=O)N1CC2(CC2)C[C@H]1C(=O)Nc1ccc(F)cn1)NO. The van der Waals surface area contributed by atoms with Crippen molar-refractivity contribution in [3.05, 3.63) is 24.1 Å². The number of anilines is 1. The highest BCUT2D eigenvalue weighted by Gasteiger charge is 2.55. The van der Waals surface area contributed by atoms with E-state index in [1.54, 1.807) is 10.4 Å². The summed E-state index contributed by atoms with van der Waals surface area (Å²) in [4.78, 5) is 43.9. The lowest BCUT2D eigenvalue weighted by atomic mass is 9.89. The van der Waals surface area contributed by atoms with Crippen LogP contribution in [-0.2, 0) is 14.4 Å². The van der Waals surface area contributed by atoms with Gasteiger partial charge in [-0.15, -0.1) is 0 Å². The molecule has 9 heteroatoms. The van der Waals surface area contributed by atoms with E-state index < -0.39 is 23.7 Å². The van der Waals surface area contributed by atoms with Gasteiger partial charge in [0.1, 0.15) is 17.7 Å². The van der Waals surface area contributed by atoms with E-state index in [-0.39, 0.29) is 29.5 Å². The second-order valence-corrected chi connectivity index (χ2v) is 9.36. The average molecular weight is 432 g/mol. The molecule has 168 valence electrons. The van der Waals surface area contributed by atoms with E-state index in [9.17, 15) is 18.8 Å². The number of aromatic nitrogens is 1. The van der Waals surface area contributed by atoms with Gasteiger partial charge in [-0.1, -0.05) is 25.7 Å². The number of rotatable bonds is 7. The first kappa shape index (κ1) is 21.7. The lowest BCUT2D eigenvalue weighted by molar-refractivity contribution is -0.144. The van der Waals surface area contributed by atoms with Crippen LogP contribution in [0, 0.1) is 23.1 Å². The monoisotopic (exact) mass is 432 g/mol. The predicted molar refractivity (Wildman–Crippen MR) is 109 cm³/mol. The Labute approximate surface area is 180 Å². The van der Waals surface area contributed by atoms with Crippen molar-refractivity contribution in [1.82, 2.24) is 15.4 Å². The van der Waals surface area contributed by atoms with Gasteiger partial charge in [0, 0.05) is 18.9 Å². The predicted octanol–water partition coefficient (Wildman–Crippen LogP) is 2.63. The van der Waals surface area contributed by atoms with Crippen LogP contribution >= 0.6 is 0 Å². The molecule has 1 unspecified atom stereocenters. The summed E-state index contributed by atoms with van der Waals surface area (Å²) >= 11 is 0. The number of carbonyl (C=O) groups excluding carboxylic acids is 3. The molecule has 1 aromatic rings. The summed E-state index contributed by atoms with van der Waals surface area (Å²) in [7, 11) is 0. The molecule has 1 aromatic heterocycles. The van der Waals surface area contributed by atoms with Crippen molar-refractivity contribution in [2.75, 3.05) is 11.9 Å². The number of likely N-dealkylation sites (tertiary alicyclic amines) is 1.